The van der Waals surface area contributed by atoms with E-state index in [0.717, 1.165) is 5.56 Å². The number of hydrogen-bond acceptors (Lipinski definition) is 8. The molecule has 130 valence electrons. The van der Waals surface area contributed by atoms with Crippen LogP contribution in [0.25, 0.3) is 0 Å². The molecule has 2 rings (SSSR count). The van der Waals surface area contributed by atoms with Crippen LogP contribution in [-0.2, 0) is 23.9 Å². The van der Waals surface area contributed by atoms with Crippen LogP contribution in [0.2, 0.25) is 0 Å². The topological polar surface area (TPSA) is 92.7 Å². The molecule has 24 heavy (non-hydrogen) atoms. The van der Waals surface area contributed by atoms with Crippen molar-refractivity contribution in [1.82, 2.24) is 0 Å². The van der Waals surface area contributed by atoms with Gasteiger partial charge in [-0.2, -0.15) is 0 Å². The van der Waals surface area contributed by atoms with Crippen LogP contribution in [0.15, 0.2) is 23.4 Å². The molecule has 0 fully saturated rings. The van der Waals surface area contributed by atoms with E-state index in [4.69, 9.17) is 23.8 Å². The number of nitrogens with zero attached hydrogens (tertiary/aromatic N) is 1. The molecule has 0 saturated carbocycles. The lowest BCUT2D eigenvalue weighted by molar-refractivity contribution is -0.163. The van der Waals surface area contributed by atoms with Crippen molar-refractivity contribution < 1.29 is 33.4 Å². The first-order valence-corrected chi connectivity index (χ1v) is 7.37. The number of carbonyl (C=O) groups excluding carboxylic acids is 2. The number of ether oxygens (including phenoxy) is 4. The van der Waals surface area contributed by atoms with Gasteiger partial charge in [-0.1, -0.05) is 5.16 Å². The molecule has 1 aromatic carbocycles. The summed E-state index contributed by atoms with van der Waals surface area (Å²) in [6.07, 6.45) is -0.263. The molecule has 1 heterocycles. The number of hydrogen-bond donors (Lipinski definition) is 0. The van der Waals surface area contributed by atoms with Gasteiger partial charge in [0, 0.05) is 5.56 Å². The maximum absolute atomic E-state index is 11.4. The normalized spacial score (nSPS) is 12.9. The van der Waals surface area contributed by atoms with Crippen molar-refractivity contribution in [3.63, 3.8) is 0 Å². The van der Waals surface area contributed by atoms with Gasteiger partial charge in [0.05, 0.1) is 11.8 Å². The highest BCUT2D eigenvalue weighted by Gasteiger charge is 2.14. The number of fused-ring (bicyclic) bond motifs is 1. The lowest BCUT2D eigenvalue weighted by Gasteiger charge is -2.08. The number of oxime groups is 1. The second-order valence-corrected chi connectivity index (χ2v) is 5.22. The molecule has 1 aromatic rings. The third-order valence-corrected chi connectivity index (χ3v) is 2.89. The summed E-state index contributed by atoms with van der Waals surface area (Å²) in [5.41, 5.74) is 1.33. The van der Waals surface area contributed by atoms with E-state index >= 15 is 0 Å². The Balaban J connectivity index is 1.76. The van der Waals surface area contributed by atoms with Gasteiger partial charge in [-0.15, -0.1) is 0 Å². The molecule has 0 unspecified atom stereocenters. The predicted molar refractivity (Wildman–Crippen MR) is 82.9 cm³/mol. The van der Waals surface area contributed by atoms with Gasteiger partial charge < -0.3 is 23.8 Å². The van der Waals surface area contributed by atoms with Crippen LogP contribution in [0.3, 0.4) is 0 Å². The minimum Gasteiger partial charge on any atom is -0.460 e. The Morgan fingerprint density at radius 3 is 2.67 bits per heavy atom. The first-order chi connectivity index (χ1) is 11.5. The van der Waals surface area contributed by atoms with E-state index < -0.39 is 25.2 Å². The second kappa shape index (κ2) is 8.19. The van der Waals surface area contributed by atoms with Crippen LogP contribution >= 0.6 is 0 Å². The van der Waals surface area contributed by atoms with E-state index in [1.54, 1.807) is 39.0 Å². The molecular weight excluding hydrogens is 318 g/mol. The van der Waals surface area contributed by atoms with Crippen molar-refractivity contribution in [2.75, 3.05) is 20.0 Å². The standard InChI is InChI=1S/C16H19NO7/c1-10(2)24-16(19)7-20-15(18)8-23-17-11(3)12-4-5-13-14(6-12)22-9-21-13/h4-6,10H,7-9H2,1-3H3/b17-11+. The van der Waals surface area contributed by atoms with Gasteiger partial charge >= 0.3 is 11.9 Å². The molecule has 0 aromatic heterocycles. The quantitative estimate of drug-likeness (QED) is 0.424. The van der Waals surface area contributed by atoms with Gasteiger partial charge in [-0.05, 0) is 39.0 Å². The molecular formula is C16H19NO7. The molecule has 1 aliphatic heterocycles. The largest absolute Gasteiger partial charge is 0.460 e. The molecule has 0 N–H and O–H groups in total. The zero-order valence-electron chi connectivity index (χ0n) is 13.7. The highest BCUT2D eigenvalue weighted by molar-refractivity contribution is 5.99. The molecule has 0 bridgehead atoms. The van der Waals surface area contributed by atoms with Crippen molar-refractivity contribution in [3.05, 3.63) is 23.8 Å². The van der Waals surface area contributed by atoms with Crippen molar-refractivity contribution in [3.8, 4) is 11.5 Å². The van der Waals surface area contributed by atoms with Crippen molar-refractivity contribution in [1.29, 1.82) is 0 Å². The van der Waals surface area contributed by atoms with Crippen molar-refractivity contribution in [2.45, 2.75) is 26.9 Å². The number of rotatable bonds is 7. The molecule has 0 atom stereocenters. The fraction of sp³-hybridized carbons (Fsp3) is 0.438. The Morgan fingerprint density at radius 2 is 1.92 bits per heavy atom. The number of benzene rings is 1. The minimum absolute atomic E-state index is 0.191. The van der Waals surface area contributed by atoms with Crippen molar-refractivity contribution in [2.24, 2.45) is 5.16 Å². The first kappa shape index (κ1) is 17.6. The van der Waals surface area contributed by atoms with Gasteiger partial charge in [-0.25, -0.2) is 9.59 Å². The fourth-order valence-electron chi connectivity index (χ4n) is 1.83. The molecule has 0 amide bonds. The van der Waals surface area contributed by atoms with Crippen LogP contribution in [0.4, 0.5) is 0 Å². The molecule has 0 saturated heterocycles. The Hall–Kier alpha value is -2.77. The average Bonchev–Trinajstić information content (AvgIpc) is 2.99. The van der Waals surface area contributed by atoms with E-state index in [2.05, 4.69) is 5.16 Å². The lowest BCUT2D eigenvalue weighted by Crippen LogP contribution is -2.21. The highest BCUT2D eigenvalue weighted by Crippen LogP contribution is 2.32. The zero-order chi connectivity index (χ0) is 17.5. The predicted octanol–water partition coefficient (Wildman–Crippen LogP) is 1.65. The van der Waals surface area contributed by atoms with E-state index in [1.165, 1.54) is 0 Å². The smallest absolute Gasteiger partial charge is 0.347 e. The van der Waals surface area contributed by atoms with Gasteiger partial charge in [0.25, 0.3) is 0 Å². The van der Waals surface area contributed by atoms with Crippen LogP contribution in [-0.4, -0.2) is 43.8 Å². The van der Waals surface area contributed by atoms with Crippen LogP contribution in [0.1, 0.15) is 26.3 Å². The summed E-state index contributed by atoms with van der Waals surface area (Å²) in [6.45, 7) is 4.47. The average molecular weight is 337 g/mol. The lowest BCUT2D eigenvalue weighted by atomic mass is 10.1. The SMILES string of the molecule is C/C(=N\OCC(=O)OCC(=O)OC(C)C)c1ccc2c(c1)OCO2. The Labute approximate surface area is 139 Å². The van der Waals surface area contributed by atoms with Gasteiger partial charge in [-0.3, -0.25) is 0 Å². The summed E-state index contributed by atoms with van der Waals surface area (Å²) in [5.74, 6) is -0.0224. The van der Waals surface area contributed by atoms with Crippen LogP contribution in [0, 0.1) is 0 Å². The summed E-state index contributed by atoms with van der Waals surface area (Å²) in [7, 11) is 0. The minimum atomic E-state index is -0.710. The van der Waals surface area contributed by atoms with Gasteiger partial charge in [0.1, 0.15) is 0 Å². The molecule has 0 radical (unpaired) electrons. The fourth-order valence-corrected chi connectivity index (χ4v) is 1.83. The molecule has 0 spiro atoms. The third kappa shape index (κ3) is 5.15. The molecule has 0 aliphatic carbocycles. The Bertz CT molecular complexity index is 639. The molecule has 8 nitrogen and oxygen atoms in total. The van der Waals surface area contributed by atoms with Crippen LogP contribution < -0.4 is 9.47 Å². The maximum Gasteiger partial charge on any atom is 0.347 e. The Morgan fingerprint density at radius 1 is 1.17 bits per heavy atom. The first-order valence-electron chi connectivity index (χ1n) is 7.37. The summed E-state index contributed by atoms with van der Waals surface area (Å²) in [4.78, 5) is 27.6. The van der Waals surface area contributed by atoms with Crippen molar-refractivity contribution >= 4 is 17.7 Å². The summed E-state index contributed by atoms with van der Waals surface area (Å²) in [6, 6.07) is 5.34. The maximum atomic E-state index is 11.4. The van der Waals surface area contributed by atoms with Crippen LogP contribution in [0.5, 0.6) is 11.5 Å². The van der Waals surface area contributed by atoms with E-state index in [9.17, 15) is 9.59 Å². The molecule has 8 heteroatoms. The van der Waals surface area contributed by atoms with E-state index in [1.807, 2.05) is 0 Å². The van der Waals surface area contributed by atoms with Gasteiger partial charge in [0.2, 0.25) is 13.4 Å². The number of carbonyl (C=O) groups is 2. The van der Waals surface area contributed by atoms with E-state index in [0.29, 0.717) is 17.2 Å². The Kier molecular flexibility index (Phi) is 6.00. The molecule has 1 aliphatic rings. The van der Waals surface area contributed by atoms with E-state index in [-0.39, 0.29) is 12.9 Å². The highest BCUT2D eigenvalue weighted by atomic mass is 16.7. The zero-order valence-corrected chi connectivity index (χ0v) is 13.7. The van der Waals surface area contributed by atoms with Gasteiger partial charge in [0.15, 0.2) is 18.1 Å². The number of esters is 2. The summed E-state index contributed by atoms with van der Waals surface area (Å²) in [5, 5.41) is 3.84. The second-order valence-electron chi connectivity index (χ2n) is 5.22. The summed E-state index contributed by atoms with van der Waals surface area (Å²) < 4.78 is 20.0. The third-order valence-electron chi connectivity index (χ3n) is 2.89. The summed E-state index contributed by atoms with van der Waals surface area (Å²) >= 11 is 0. The monoisotopic (exact) mass is 337 g/mol.